The van der Waals surface area contributed by atoms with E-state index in [2.05, 4.69) is 51.7 Å². The number of benzene rings is 3. The Hall–Kier alpha value is -7.91. The van der Waals surface area contributed by atoms with Gasteiger partial charge in [-0.05, 0) is 119 Å². The lowest BCUT2D eigenvalue weighted by atomic mass is 9.83. The van der Waals surface area contributed by atoms with Crippen LogP contribution in [-0.4, -0.2) is 105 Å². The molecule has 5 heterocycles. The molecule has 20 nitrogen and oxygen atoms in total. The Morgan fingerprint density at radius 1 is 0.844 bits per heavy atom. The first-order valence-electron chi connectivity index (χ1n) is 26.5. The minimum Gasteiger partial charge on any atom is -0.494 e. The van der Waals surface area contributed by atoms with Crippen LogP contribution in [0.3, 0.4) is 0 Å². The highest BCUT2D eigenvalue weighted by atomic mass is 32.1. The smallest absolute Gasteiger partial charge is 0.251 e. The minimum absolute atomic E-state index is 0.0623. The van der Waals surface area contributed by atoms with Crippen molar-refractivity contribution in [2.45, 2.75) is 115 Å². The lowest BCUT2D eigenvalue weighted by Gasteiger charge is -2.35. The number of ether oxygens (including phenoxy) is 2. The lowest BCUT2D eigenvalue weighted by Crippen LogP contribution is -2.55. The molecular weight excluding hydrogens is 997 g/mol. The molecule has 3 aromatic carbocycles. The lowest BCUT2D eigenvalue weighted by molar-refractivity contribution is -0.139. The number of ketones is 1. The zero-order valence-electron chi connectivity index (χ0n) is 43.8. The van der Waals surface area contributed by atoms with Gasteiger partial charge in [0.15, 0.2) is 11.6 Å². The number of nitrogens with zero attached hydrogens (tertiary/aromatic N) is 10. The fourth-order valence-electron chi connectivity index (χ4n) is 9.70. The Balaban J connectivity index is 0.678. The van der Waals surface area contributed by atoms with Crippen molar-refractivity contribution >= 4 is 40.5 Å². The largest absolute Gasteiger partial charge is 0.494 e. The zero-order chi connectivity index (χ0) is 53.5. The molecule has 2 aliphatic rings. The number of likely N-dealkylation sites (tertiary alicyclic amines) is 1. The fraction of sp³-hybridized carbons (Fsp3) is 0.411. The summed E-state index contributed by atoms with van der Waals surface area (Å²) in [4.78, 5) is 69.1. The molecule has 21 heteroatoms. The predicted molar refractivity (Wildman–Crippen MR) is 290 cm³/mol. The molecule has 0 unspecified atom stereocenters. The van der Waals surface area contributed by atoms with Crippen LogP contribution in [0.1, 0.15) is 126 Å². The third kappa shape index (κ3) is 14.1. The van der Waals surface area contributed by atoms with E-state index in [1.165, 1.54) is 17.7 Å². The Bertz CT molecular complexity index is 3100. The number of carbonyl (C=O) groups is 4. The molecule has 1 saturated heterocycles. The number of anilines is 1. The van der Waals surface area contributed by atoms with Gasteiger partial charge in [-0.25, -0.2) is 15.0 Å². The van der Waals surface area contributed by atoms with E-state index in [-0.39, 0.29) is 42.1 Å². The van der Waals surface area contributed by atoms with E-state index in [1.807, 2.05) is 65.2 Å². The number of rotatable bonds is 25. The molecule has 0 radical (unpaired) electrons. The van der Waals surface area contributed by atoms with E-state index in [9.17, 15) is 19.2 Å². The number of carbonyl (C=O) groups excluding carboxylic acids is 4. The van der Waals surface area contributed by atoms with Gasteiger partial charge in [0, 0.05) is 55.1 Å². The first kappa shape index (κ1) is 53.9. The van der Waals surface area contributed by atoms with E-state index >= 15 is 0 Å². The molecule has 1 saturated carbocycles. The van der Waals surface area contributed by atoms with Gasteiger partial charge in [-0.3, -0.25) is 23.9 Å². The average molecular weight is 1060 g/mol. The third-order valence-electron chi connectivity index (χ3n) is 14.2. The van der Waals surface area contributed by atoms with Crippen LogP contribution in [0.4, 0.5) is 5.69 Å². The Morgan fingerprint density at radius 3 is 2.49 bits per heavy atom. The Labute approximate surface area is 451 Å². The molecule has 0 spiro atoms. The number of aromatic nitrogens is 9. The monoisotopic (exact) mass is 1060 g/mol. The van der Waals surface area contributed by atoms with Crippen molar-refractivity contribution in [3.63, 3.8) is 0 Å². The van der Waals surface area contributed by atoms with Gasteiger partial charge in [0.1, 0.15) is 52.6 Å². The topological polar surface area (TPSA) is 238 Å². The van der Waals surface area contributed by atoms with Crippen molar-refractivity contribution in [3.05, 3.63) is 142 Å². The molecule has 9 rings (SSSR count). The van der Waals surface area contributed by atoms with Gasteiger partial charge in [-0.15, -0.1) is 26.6 Å². The van der Waals surface area contributed by atoms with Gasteiger partial charge in [0.05, 0.1) is 31.4 Å². The van der Waals surface area contributed by atoms with Crippen LogP contribution in [0.25, 0.3) is 11.5 Å². The number of amides is 3. The summed E-state index contributed by atoms with van der Waals surface area (Å²) in [6.45, 7) is 4.55. The summed E-state index contributed by atoms with van der Waals surface area (Å²) >= 11 is 1.39. The van der Waals surface area contributed by atoms with E-state index in [0.717, 1.165) is 86.2 Å². The number of hydrogen-bond acceptors (Lipinski definition) is 16. The van der Waals surface area contributed by atoms with Crippen LogP contribution in [0.2, 0.25) is 0 Å². The minimum atomic E-state index is -0.588. The summed E-state index contributed by atoms with van der Waals surface area (Å²) < 4.78 is 15.8. The SMILES string of the molecule is CN[C@@H](C)C(=O)N[C@H](C(=O)N1CCC[C@H]1c1nc(C(=O)c2cccc(OCc3cn(CCCCCOc4cccc(CNC(=O)c5cccc(NCc6nnc(-c7ccncn7)n6C)c5)c4)nn3)c2)cs1)C1CCCCC1. The highest BCUT2D eigenvalue weighted by Crippen LogP contribution is 2.37. The Kier molecular flexibility index (Phi) is 18.4. The first-order chi connectivity index (χ1) is 37.6. The molecule has 77 heavy (non-hydrogen) atoms. The normalized spacial score (nSPS) is 15.4. The maximum atomic E-state index is 14.2. The molecule has 4 aromatic heterocycles. The summed E-state index contributed by atoms with van der Waals surface area (Å²) in [6, 6.07) is 22.6. The van der Waals surface area contributed by atoms with E-state index in [0.29, 0.717) is 78.4 Å². The van der Waals surface area contributed by atoms with E-state index < -0.39 is 12.1 Å². The highest BCUT2D eigenvalue weighted by molar-refractivity contribution is 7.10. The van der Waals surface area contributed by atoms with Crippen molar-refractivity contribution in [2.75, 3.05) is 25.5 Å². The summed E-state index contributed by atoms with van der Waals surface area (Å²) in [5.41, 5.74) is 4.35. The van der Waals surface area contributed by atoms with Crippen molar-refractivity contribution in [1.29, 1.82) is 0 Å². The number of nitrogens with one attached hydrogen (secondary N) is 4. The summed E-state index contributed by atoms with van der Waals surface area (Å²) in [7, 11) is 3.62. The van der Waals surface area contributed by atoms with Crippen LogP contribution < -0.4 is 30.7 Å². The molecule has 3 atom stereocenters. The third-order valence-corrected chi connectivity index (χ3v) is 15.1. The summed E-state index contributed by atoms with van der Waals surface area (Å²) in [5, 5.41) is 32.1. The van der Waals surface area contributed by atoms with Gasteiger partial charge >= 0.3 is 0 Å². The maximum Gasteiger partial charge on any atom is 0.251 e. The number of unbranched alkanes of at least 4 members (excludes halogenated alkanes) is 2. The van der Waals surface area contributed by atoms with Crippen LogP contribution in [0.5, 0.6) is 11.5 Å². The fourth-order valence-corrected chi connectivity index (χ4v) is 10.6. The van der Waals surface area contributed by atoms with Crippen LogP contribution in [-0.2, 0) is 42.9 Å². The second-order valence-electron chi connectivity index (χ2n) is 19.5. The van der Waals surface area contributed by atoms with Gasteiger partial charge in [0.2, 0.25) is 17.6 Å². The van der Waals surface area contributed by atoms with Crippen molar-refractivity contribution in [1.82, 2.24) is 65.6 Å². The molecule has 1 aliphatic carbocycles. The van der Waals surface area contributed by atoms with Crippen molar-refractivity contribution in [2.24, 2.45) is 13.0 Å². The molecule has 4 N–H and O–H groups in total. The molecule has 1 aliphatic heterocycles. The predicted octanol–water partition coefficient (Wildman–Crippen LogP) is 7.26. The number of aryl methyl sites for hydroxylation is 1. The number of thiazole rings is 1. The highest BCUT2D eigenvalue weighted by Gasteiger charge is 2.40. The maximum absolute atomic E-state index is 14.2. The van der Waals surface area contributed by atoms with Gasteiger partial charge in [-0.1, -0.05) is 54.8 Å². The van der Waals surface area contributed by atoms with Gasteiger partial charge in [-0.2, -0.15) is 0 Å². The second-order valence-corrected chi connectivity index (χ2v) is 20.4. The van der Waals surface area contributed by atoms with Crippen LogP contribution in [0, 0.1) is 5.92 Å². The van der Waals surface area contributed by atoms with Crippen LogP contribution in [0.15, 0.2) is 103 Å². The first-order valence-corrected chi connectivity index (χ1v) is 27.4. The molecule has 0 bridgehead atoms. The molecule has 3 amide bonds. The van der Waals surface area contributed by atoms with E-state index in [1.54, 1.807) is 66.6 Å². The van der Waals surface area contributed by atoms with E-state index in [4.69, 9.17) is 14.5 Å². The number of hydrogen-bond donors (Lipinski definition) is 4. The molecule has 7 aromatic rings. The molecule has 402 valence electrons. The quantitative estimate of drug-likeness (QED) is 0.0326. The van der Waals surface area contributed by atoms with Crippen LogP contribution >= 0.6 is 11.3 Å². The molecule has 2 fully saturated rings. The van der Waals surface area contributed by atoms with Gasteiger partial charge in [0.25, 0.3) is 5.91 Å². The van der Waals surface area contributed by atoms with Crippen molar-refractivity contribution < 1.29 is 28.7 Å². The van der Waals surface area contributed by atoms with Gasteiger partial charge < -0.3 is 40.2 Å². The standard InChI is InChI=1S/C56H66N14O6S/c1-37(57-2)53(72)63-50(39-15-6-4-7-16-39)56(74)70-26-13-22-48(70)55-62-47(35-77-55)51(71)40-17-12-21-45(30-40)76-34-43-33-69(67-64-43)25-8-5-9-27-75-44-20-10-14-38(28-44)31-60-54(73)41-18-11-19-42(29-41)59-32-49-65-66-52(68(49)3)46-23-24-58-36-61-46/h10-12,14,17-21,23-24,28-30,33,35-37,39,48,50,57,59H,4-9,13,15-16,22,25-27,31-32,34H2,1-3H3,(H,60,73)(H,63,72)/t37-,48-,50-/m0/s1. The zero-order valence-corrected chi connectivity index (χ0v) is 44.6. The molecular formula is C56H66N14O6S. The van der Waals surface area contributed by atoms with Crippen molar-refractivity contribution in [3.8, 4) is 23.0 Å². The Morgan fingerprint density at radius 2 is 1.66 bits per heavy atom. The number of likely N-dealkylation sites (N-methyl/N-ethyl adjacent to an activating group) is 1. The average Bonchev–Trinajstić information content (AvgIpc) is 4.33. The summed E-state index contributed by atoms with van der Waals surface area (Å²) in [5.74, 6) is 2.05. The second kappa shape index (κ2) is 26.2. The summed E-state index contributed by atoms with van der Waals surface area (Å²) in [6.07, 6.45) is 14.3.